The Hall–Kier alpha value is -0.610. The maximum atomic E-state index is 5.97. The number of nitrogens with one attached hydrogen (secondary N) is 1. The molecule has 0 radical (unpaired) electrons. The summed E-state index contributed by atoms with van der Waals surface area (Å²) in [7, 11) is 1.83. The molecule has 1 atom stereocenters. The third-order valence-electron chi connectivity index (χ3n) is 5.17. The highest BCUT2D eigenvalue weighted by molar-refractivity contribution is 6.30. The molecule has 3 rings (SSSR count). The van der Waals surface area contributed by atoms with Gasteiger partial charge in [-0.1, -0.05) is 23.7 Å². The number of nitrogens with zero attached hydrogens (tertiary/aromatic N) is 1. The Bertz CT molecular complexity index is 456. The molecule has 0 bridgehead atoms. The highest BCUT2D eigenvalue weighted by Crippen LogP contribution is 2.43. The van der Waals surface area contributed by atoms with Crippen LogP contribution in [0.4, 0.5) is 0 Å². The van der Waals surface area contributed by atoms with Gasteiger partial charge in [0.1, 0.15) is 0 Å². The molecule has 4 heteroatoms. The molecule has 1 N–H and O–H groups in total. The van der Waals surface area contributed by atoms with Crippen LogP contribution < -0.4 is 5.32 Å². The number of ether oxygens (including phenoxy) is 1. The molecule has 1 aromatic carbocycles. The van der Waals surface area contributed by atoms with E-state index < -0.39 is 0 Å². The van der Waals surface area contributed by atoms with Gasteiger partial charge in [0.25, 0.3) is 0 Å². The van der Waals surface area contributed by atoms with Crippen molar-refractivity contribution >= 4 is 11.6 Å². The van der Waals surface area contributed by atoms with Crippen molar-refractivity contribution in [2.24, 2.45) is 11.3 Å². The number of likely N-dealkylation sites (tertiary alicyclic amines) is 1. The van der Waals surface area contributed by atoms with Crippen molar-refractivity contribution in [1.29, 1.82) is 0 Å². The van der Waals surface area contributed by atoms with Crippen molar-refractivity contribution in [3.63, 3.8) is 0 Å². The minimum absolute atomic E-state index is 0.452. The first-order valence-corrected chi connectivity index (χ1v) is 8.26. The van der Waals surface area contributed by atoms with Crippen molar-refractivity contribution in [2.45, 2.75) is 19.4 Å². The van der Waals surface area contributed by atoms with Gasteiger partial charge in [0, 0.05) is 37.7 Å². The summed E-state index contributed by atoms with van der Waals surface area (Å²) >= 11 is 5.97. The molecule has 0 aliphatic carbocycles. The van der Waals surface area contributed by atoms with E-state index in [-0.39, 0.29) is 0 Å². The number of methoxy groups -OCH3 is 1. The van der Waals surface area contributed by atoms with E-state index >= 15 is 0 Å². The molecule has 21 heavy (non-hydrogen) atoms. The number of piperidine rings is 1. The van der Waals surface area contributed by atoms with Crippen LogP contribution in [0.15, 0.2) is 24.3 Å². The maximum Gasteiger partial charge on any atom is 0.0508 e. The standard InChI is InChI=1S/C17H25ClN2O/c1-21-12-15-11-20(10-14-2-4-16(18)5-3-14)13-17(15)6-8-19-9-7-17/h2-5,15,19H,6-13H2,1H3. The van der Waals surface area contributed by atoms with Gasteiger partial charge in [-0.25, -0.2) is 0 Å². The molecular formula is C17H25ClN2O. The normalized spacial score (nSPS) is 25.5. The lowest BCUT2D eigenvalue weighted by molar-refractivity contribution is 0.0716. The average Bonchev–Trinajstić information content (AvgIpc) is 2.80. The fourth-order valence-corrected chi connectivity index (χ4v) is 4.16. The van der Waals surface area contributed by atoms with Gasteiger partial charge >= 0.3 is 0 Å². The molecule has 0 aromatic heterocycles. The predicted molar refractivity (Wildman–Crippen MR) is 86.6 cm³/mol. The first-order valence-electron chi connectivity index (χ1n) is 7.88. The molecule has 1 spiro atoms. The van der Waals surface area contributed by atoms with Crippen LogP contribution >= 0.6 is 11.6 Å². The fraction of sp³-hybridized carbons (Fsp3) is 0.647. The van der Waals surface area contributed by atoms with Crippen LogP contribution in [-0.4, -0.2) is 44.8 Å². The second kappa shape index (κ2) is 6.66. The van der Waals surface area contributed by atoms with Gasteiger partial charge in [0.05, 0.1) is 6.61 Å². The SMILES string of the molecule is COCC1CN(Cc2ccc(Cl)cc2)CC12CCNCC2. The summed E-state index contributed by atoms with van der Waals surface area (Å²) in [5.41, 5.74) is 1.80. The third-order valence-corrected chi connectivity index (χ3v) is 5.42. The summed E-state index contributed by atoms with van der Waals surface area (Å²) in [5, 5.41) is 4.31. The smallest absolute Gasteiger partial charge is 0.0508 e. The molecule has 2 fully saturated rings. The number of halogens is 1. The molecule has 1 unspecified atom stereocenters. The van der Waals surface area contributed by atoms with Gasteiger partial charge in [-0.15, -0.1) is 0 Å². The minimum atomic E-state index is 0.452. The van der Waals surface area contributed by atoms with Gasteiger partial charge in [-0.05, 0) is 49.0 Å². The van der Waals surface area contributed by atoms with Crippen LogP contribution in [0.5, 0.6) is 0 Å². The number of hydrogen-bond donors (Lipinski definition) is 1. The van der Waals surface area contributed by atoms with Crippen LogP contribution in [-0.2, 0) is 11.3 Å². The Balaban J connectivity index is 1.68. The van der Waals surface area contributed by atoms with E-state index in [4.69, 9.17) is 16.3 Å². The lowest BCUT2D eigenvalue weighted by Gasteiger charge is -2.38. The van der Waals surface area contributed by atoms with Gasteiger partial charge in [0.2, 0.25) is 0 Å². The minimum Gasteiger partial charge on any atom is -0.384 e. The van der Waals surface area contributed by atoms with Crippen molar-refractivity contribution in [1.82, 2.24) is 10.2 Å². The summed E-state index contributed by atoms with van der Waals surface area (Å²) in [6.45, 7) is 6.55. The van der Waals surface area contributed by atoms with Crippen molar-refractivity contribution in [2.75, 3.05) is 39.9 Å². The lowest BCUT2D eigenvalue weighted by Crippen LogP contribution is -2.43. The van der Waals surface area contributed by atoms with E-state index in [1.54, 1.807) is 0 Å². The Morgan fingerprint density at radius 2 is 2.00 bits per heavy atom. The first-order chi connectivity index (χ1) is 10.2. The molecule has 0 saturated carbocycles. The number of rotatable bonds is 4. The summed E-state index contributed by atoms with van der Waals surface area (Å²) in [6, 6.07) is 8.25. The van der Waals surface area contributed by atoms with Crippen LogP contribution in [0.2, 0.25) is 5.02 Å². The summed E-state index contributed by atoms with van der Waals surface area (Å²) in [6.07, 6.45) is 2.55. The number of benzene rings is 1. The first kappa shape index (κ1) is 15.3. The quantitative estimate of drug-likeness (QED) is 0.925. The highest BCUT2D eigenvalue weighted by atomic mass is 35.5. The van der Waals surface area contributed by atoms with Crippen LogP contribution in [0.25, 0.3) is 0 Å². The highest BCUT2D eigenvalue weighted by Gasteiger charge is 2.46. The molecule has 2 heterocycles. The molecule has 2 saturated heterocycles. The average molecular weight is 309 g/mol. The van der Waals surface area contributed by atoms with E-state index in [2.05, 4.69) is 22.3 Å². The van der Waals surface area contributed by atoms with Gasteiger partial charge in [-0.2, -0.15) is 0 Å². The topological polar surface area (TPSA) is 24.5 Å². The van der Waals surface area contributed by atoms with Crippen molar-refractivity contribution in [3.8, 4) is 0 Å². The second-order valence-electron chi connectivity index (χ2n) is 6.56. The summed E-state index contributed by atoms with van der Waals surface area (Å²) < 4.78 is 5.50. The summed E-state index contributed by atoms with van der Waals surface area (Å²) in [4.78, 5) is 2.60. The molecule has 2 aliphatic heterocycles. The zero-order valence-electron chi connectivity index (χ0n) is 12.8. The Kier molecular flexibility index (Phi) is 4.85. The fourth-order valence-electron chi connectivity index (χ4n) is 4.03. The van der Waals surface area contributed by atoms with E-state index in [0.29, 0.717) is 11.3 Å². The Morgan fingerprint density at radius 3 is 2.67 bits per heavy atom. The van der Waals surface area contributed by atoms with Gasteiger partial charge in [0.15, 0.2) is 0 Å². The Labute approximate surface area is 132 Å². The van der Waals surface area contributed by atoms with Crippen molar-refractivity contribution < 1.29 is 4.74 Å². The van der Waals surface area contributed by atoms with Crippen LogP contribution in [0.3, 0.4) is 0 Å². The molecule has 1 aromatic rings. The van der Waals surface area contributed by atoms with Gasteiger partial charge in [-0.3, -0.25) is 4.90 Å². The van der Waals surface area contributed by atoms with E-state index in [1.807, 2.05) is 19.2 Å². The Morgan fingerprint density at radius 1 is 1.29 bits per heavy atom. The van der Waals surface area contributed by atoms with E-state index in [0.717, 1.165) is 37.8 Å². The van der Waals surface area contributed by atoms with Gasteiger partial charge < -0.3 is 10.1 Å². The third kappa shape index (κ3) is 3.42. The van der Waals surface area contributed by atoms with Crippen LogP contribution in [0, 0.1) is 11.3 Å². The van der Waals surface area contributed by atoms with E-state index in [9.17, 15) is 0 Å². The second-order valence-corrected chi connectivity index (χ2v) is 7.00. The molecular weight excluding hydrogens is 284 g/mol. The molecule has 3 nitrogen and oxygen atoms in total. The zero-order chi connectivity index (χ0) is 14.7. The van der Waals surface area contributed by atoms with Crippen LogP contribution in [0.1, 0.15) is 18.4 Å². The lowest BCUT2D eigenvalue weighted by atomic mass is 9.71. The molecule has 2 aliphatic rings. The van der Waals surface area contributed by atoms with E-state index in [1.165, 1.54) is 24.9 Å². The largest absolute Gasteiger partial charge is 0.384 e. The maximum absolute atomic E-state index is 5.97. The number of hydrogen-bond acceptors (Lipinski definition) is 3. The monoisotopic (exact) mass is 308 g/mol. The zero-order valence-corrected chi connectivity index (χ0v) is 13.5. The summed E-state index contributed by atoms with van der Waals surface area (Å²) in [5.74, 6) is 0.664. The van der Waals surface area contributed by atoms with Crippen molar-refractivity contribution in [3.05, 3.63) is 34.9 Å². The predicted octanol–water partition coefficient (Wildman–Crippen LogP) is 2.79. The molecule has 0 amide bonds. The molecule has 116 valence electrons.